The lowest BCUT2D eigenvalue weighted by atomic mass is 10.1. The van der Waals surface area contributed by atoms with Gasteiger partial charge in [0.1, 0.15) is 11.9 Å². The number of nitrogens with one attached hydrogen (secondary N) is 1. The number of amides is 1. The third-order valence-corrected chi connectivity index (χ3v) is 5.64. The molecule has 1 unspecified atom stereocenters. The molecule has 0 saturated carbocycles. The van der Waals surface area contributed by atoms with Crippen LogP contribution in [0, 0.1) is 5.82 Å². The van der Waals surface area contributed by atoms with E-state index in [1.165, 1.54) is 16.7 Å². The molecule has 0 bridgehead atoms. The number of benzene rings is 2. The normalized spacial score (nSPS) is 12.0. The van der Waals surface area contributed by atoms with Gasteiger partial charge in [-0.15, -0.1) is 0 Å². The largest absolute Gasteiger partial charge is 0.350 e. The van der Waals surface area contributed by atoms with E-state index in [4.69, 9.17) is 11.6 Å². The Labute approximate surface area is 193 Å². The van der Waals surface area contributed by atoms with E-state index in [1.54, 1.807) is 49.6 Å². The van der Waals surface area contributed by atoms with Crippen molar-refractivity contribution >= 4 is 28.4 Å². The van der Waals surface area contributed by atoms with Gasteiger partial charge in [0, 0.05) is 18.9 Å². The smallest absolute Gasteiger partial charge is 0.336 e. The van der Waals surface area contributed by atoms with Crippen molar-refractivity contribution in [1.29, 1.82) is 0 Å². The fourth-order valence-electron chi connectivity index (χ4n) is 3.73. The minimum Gasteiger partial charge on any atom is -0.350 e. The van der Waals surface area contributed by atoms with Crippen molar-refractivity contribution in [3.8, 4) is 5.69 Å². The van der Waals surface area contributed by atoms with Crippen molar-refractivity contribution in [3.05, 3.63) is 104 Å². The van der Waals surface area contributed by atoms with E-state index < -0.39 is 23.1 Å². The minimum atomic E-state index is -0.887. The molecule has 0 saturated heterocycles. The molecule has 0 aliphatic rings. The molecule has 1 atom stereocenters. The van der Waals surface area contributed by atoms with Crippen LogP contribution in [0.3, 0.4) is 0 Å². The number of fused-ring (bicyclic) bond motifs is 1. The third kappa shape index (κ3) is 4.29. The van der Waals surface area contributed by atoms with Gasteiger partial charge in [-0.25, -0.2) is 13.8 Å². The van der Waals surface area contributed by atoms with Gasteiger partial charge in [0.2, 0.25) is 5.91 Å². The first-order valence-corrected chi connectivity index (χ1v) is 10.7. The first kappa shape index (κ1) is 22.4. The summed E-state index contributed by atoms with van der Waals surface area (Å²) in [6.45, 7) is 2.02. The molecule has 2 aromatic carbocycles. The van der Waals surface area contributed by atoms with Crippen molar-refractivity contribution in [3.63, 3.8) is 0 Å². The van der Waals surface area contributed by atoms with E-state index in [0.29, 0.717) is 11.9 Å². The summed E-state index contributed by atoms with van der Waals surface area (Å²) in [5.41, 5.74) is -0.0457. The minimum absolute atomic E-state index is 0.113. The van der Waals surface area contributed by atoms with Crippen molar-refractivity contribution in [2.45, 2.75) is 25.9 Å². The SMILES string of the molecule is CCC(C(=O)NCc1cccnc1)n1c(=O)n(-c2ccc(F)c(Cl)c2)c(=O)c2ccccc21. The summed E-state index contributed by atoms with van der Waals surface area (Å²) in [4.78, 5) is 43.9. The number of para-hydroxylation sites is 1. The highest BCUT2D eigenvalue weighted by Gasteiger charge is 2.25. The Bertz CT molecular complexity index is 1450. The summed E-state index contributed by atoms with van der Waals surface area (Å²) in [5.74, 6) is -1.05. The Morgan fingerprint density at radius 2 is 1.94 bits per heavy atom. The van der Waals surface area contributed by atoms with Gasteiger partial charge in [-0.2, -0.15) is 0 Å². The van der Waals surface area contributed by atoms with Crippen LogP contribution in [0.2, 0.25) is 5.02 Å². The van der Waals surface area contributed by atoms with Gasteiger partial charge in [0.05, 0.1) is 21.6 Å². The van der Waals surface area contributed by atoms with E-state index in [0.717, 1.165) is 16.2 Å². The zero-order chi connectivity index (χ0) is 23.5. The molecule has 0 radical (unpaired) electrons. The standard InChI is InChI=1S/C24H20ClFN4O3/c1-2-20(22(31)28-14-15-6-5-11-27-13-15)30-21-8-4-3-7-17(21)23(32)29(24(30)33)16-9-10-19(26)18(25)12-16/h3-13,20H,2,14H2,1H3,(H,28,31). The Hall–Kier alpha value is -3.78. The number of rotatable bonds is 6. The summed E-state index contributed by atoms with van der Waals surface area (Å²) >= 11 is 5.90. The van der Waals surface area contributed by atoms with Gasteiger partial charge in [-0.1, -0.05) is 36.7 Å². The van der Waals surface area contributed by atoms with E-state index >= 15 is 0 Å². The van der Waals surface area contributed by atoms with Crippen LogP contribution >= 0.6 is 11.6 Å². The number of hydrogen-bond acceptors (Lipinski definition) is 4. The lowest BCUT2D eigenvalue weighted by Crippen LogP contribution is -2.44. The maximum Gasteiger partial charge on any atom is 0.336 e. The third-order valence-electron chi connectivity index (χ3n) is 5.35. The topological polar surface area (TPSA) is 86.0 Å². The molecule has 0 aliphatic carbocycles. The monoisotopic (exact) mass is 466 g/mol. The number of pyridine rings is 1. The summed E-state index contributed by atoms with van der Waals surface area (Å²) in [5, 5.41) is 2.86. The average molecular weight is 467 g/mol. The summed E-state index contributed by atoms with van der Waals surface area (Å²) in [6, 6.07) is 12.9. The molecule has 1 amide bonds. The van der Waals surface area contributed by atoms with E-state index in [1.807, 2.05) is 6.07 Å². The van der Waals surface area contributed by atoms with Crippen LogP contribution in [0.25, 0.3) is 16.6 Å². The number of aromatic nitrogens is 3. The predicted molar refractivity (Wildman–Crippen MR) is 124 cm³/mol. The molecule has 168 valence electrons. The number of carbonyl (C=O) groups is 1. The summed E-state index contributed by atoms with van der Waals surface area (Å²) in [7, 11) is 0. The van der Waals surface area contributed by atoms with Crippen molar-refractivity contribution in [2.24, 2.45) is 0 Å². The number of hydrogen-bond donors (Lipinski definition) is 1. The molecule has 9 heteroatoms. The molecule has 7 nitrogen and oxygen atoms in total. The van der Waals surface area contributed by atoms with Gasteiger partial charge in [-0.05, 0) is 48.4 Å². The van der Waals surface area contributed by atoms with Gasteiger partial charge in [-0.3, -0.25) is 19.1 Å². The van der Waals surface area contributed by atoms with Gasteiger partial charge < -0.3 is 5.32 Å². The molecule has 0 fully saturated rings. The van der Waals surface area contributed by atoms with Crippen molar-refractivity contribution in [1.82, 2.24) is 19.4 Å². The predicted octanol–water partition coefficient (Wildman–Crippen LogP) is 3.61. The zero-order valence-electron chi connectivity index (χ0n) is 17.7. The average Bonchev–Trinajstić information content (AvgIpc) is 2.83. The fourth-order valence-corrected chi connectivity index (χ4v) is 3.91. The highest BCUT2D eigenvalue weighted by Crippen LogP contribution is 2.20. The molecule has 0 aliphatic heterocycles. The van der Waals surface area contributed by atoms with Gasteiger partial charge in [0.25, 0.3) is 5.56 Å². The first-order valence-electron chi connectivity index (χ1n) is 10.3. The highest BCUT2D eigenvalue weighted by molar-refractivity contribution is 6.30. The molecule has 33 heavy (non-hydrogen) atoms. The first-order chi connectivity index (χ1) is 15.9. The lowest BCUT2D eigenvalue weighted by Gasteiger charge is -2.21. The van der Waals surface area contributed by atoms with Crippen LogP contribution in [0.4, 0.5) is 4.39 Å². The molecule has 4 aromatic rings. The van der Waals surface area contributed by atoms with Crippen LogP contribution in [-0.4, -0.2) is 20.0 Å². The number of nitrogens with zero attached hydrogens (tertiary/aromatic N) is 3. The highest BCUT2D eigenvalue weighted by atomic mass is 35.5. The van der Waals surface area contributed by atoms with E-state index in [2.05, 4.69) is 10.3 Å². The van der Waals surface area contributed by atoms with Crippen LogP contribution in [0.5, 0.6) is 0 Å². The molecular formula is C24H20ClFN4O3. The zero-order valence-corrected chi connectivity index (χ0v) is 18.4. The van der Waals surface area contributed by atoms with E-state index in [-0.39, 0.29) is 28.5 Å². The van der Waals surface area contributed by atoms with Gasteiger partial charge in [0.15, 0.2) is 0 Å². The Kier molecular flexibility index (Phi) is 6.37. The second-order valence-corrected chi connectivity index (χ2v) is 7.82. The molecule has 2 heterocycles. The second kappa shape index (κ2) is 9.38. The van der Waals surface area contributed by atoms with E-state index in [9.17, 15) is 18.8 Å². The van der Waals surface area contributed by atoms with Crippen molar-refractivity contribution in [2.75, 3.05) is 0 Å². The number of carbonyl (C=O) groups excluding carboxylic acids is 1. The molecular weight excluding hydrogens is 447 g/mol. The second-order valence-electron chi connectivity index (χ2n) is 7.41. The van der Waals surface area contributed by atoms with Crippen molar-refractivity contribution < 1.29 is 9.18 Å². The number of halogens is 2. The van der Waals surface area contributed by atoms with Crippen LogP contribution < -0.4 is 16.6 Å². The molecule has 2 aromatic heterocycles. The molecule has 4 rings (SSSR count). The van der Waals surface area contributed by atoms with Crippen LogP contribution in [0.1, 0.15) is 24.9 Å². The van der Waals surface area contributed by atoms with Gasteiger partial charge >= 0.3 is 5.69 Å². The Morgan fingerprint density at radius 1 is 1.15 bits per heavy atom. The fraction of sp³-hybridized carbons (Fsp3) is 0.167. The summed E-state index contributed by atoms with van der Waals surface area (Å²) < 4.78 is 15.9. The lowest BCUT2D eigenvalue weighted by molar-refractivity contribution is -0.124. The summed E-state index contributed by atoms with van der Waals surface area (Å²) in [6.07, 6.45) is 3.57. The maximum absolute atomic E-state index is 13.7. The molecule has 1 N–H and O–H groups in total. The Balaban J connectivity index is 1.86. The quantitative estimate of drug-likeness (QED) is 0.470. The maximum atomic E-state index is 13.7. The Morgan fingerprint density at radius 3 is 2.64 bits per heavy atom. The van der Waals surface area contributed by atoms with Crippen LogP contribution in [-0.2, 0) is 11.3 Å². The molecule has 0 spiro atoms. The van der Waals surface area contributed by atoms with Crippen LogP contribution in [0.15, 0.2) is 76.6 Å².